The van der Waals surface area contributed by atoms with Crippen molar-refractivity contribution in [2.75, 3.05) is 31.4 Å². The summed E-state index contributed by atoms with van der Waals surface area (Å²) in [6.45, 7) is 0.718. The molecule has 108 valence electrons. The molecular formula is C14H19BrN4O. The first kappa shape index (κ1) is 14.7. The minimum atomic E-state index is 0.718. The number of imidazole rings is 1. The van der Waals surface area contributed by atoms with Gasteiger partial charge in [0.1, 0.15) is 5.75 Å². The number of benzene rings is 1. The van der Waals surface area contributed by atoms with Gasteiger partial charge in [-0.3, -0.25) is 0 Å². The van der Waals surface area contributed by atoms with Gasteiger partial charge in [-0.25, -0.2) is 4.98 Å². The Balaban J connectivity index is 2.07. The molecule has 2 aromatic rings. The molecule has 0 atom stereocenters. The number of anilines is 2. The van der Waals surface area contributed by atoms with E-state index in [1.807, 2.05) is 50.4 Å². The molecule has 1 heterocycles. The van der Waals surface area contributed by atoms with Crippen LogP contribution in [0.1, 0.15) is 5.69 Å². The lowest BCUT2D eigenvalue weighted by atomic mass is 10.3. The van der Waals surface area contributed by atoms with Crippen LogP contribution in [0.15, 0.2) is 28.9 Å². The van der Waals surface area contributed by atoms with E-state index in [0.29, 0.717) is 0 Å². The summed E-state index contributed by atoms with van der Waals surface area (Å²) in [5.41, 5.74) is 2.16. The Morgan fingerprint density at radius 3 is 2.70 bits per heavy atom. The van der Waals surface area contributed by atoms with Crippen LogP contribution in [0.5, 0.6) is 5.75 Å². The average molecular weight is 339 g/mol. The van der Waals surface area contributed by atoms with Crippen molar-refractivity contribution in [2.45, 2.75) is 6.54 Å². The van der Waals surface area contributed by atoms with Crippen LogP contribution in [-0.2, 0) is 13.6 Å². The van der Waals surface area contributed by atoms with Crippen molar-refractivity contribution in [3.05, 3.63) is 34.6 Å². The highest BCUT2D eigenvalue weighted by atomic mass is 79.9. The minimum absolute atomic E-state index is 0.718. The zero-order chi connectivity index (χ0) is 14.7. The maximum absolute atomic E-state index is 5.22. The summed E-state index contributed by atoms with van der Waals surface area (Å²) in [5, 5.41) is 3.38. The van der Waals surface area contributed by atoms with Crippen molar-refractivity contribution in [3.8, 4) is 5.75 Å². The Kier molecular flexibility index (Phi) is 4.54. The number of nitrogens with one attached hydrogen (secondary N) is 1. The molecule has 1 aromatic carbocycles. The first-order valence-corrected chi connectivity index (χ1v) is 7.07. The molecule has 1 aromatic heterocycles. The normalized spacial score (nSPS) is 10.4. The molecule has 6 heteroatoms. The van der Waals surface area contributed by atoms with Crippen LogP contribution in [-0.4, -0.2) is 30.8 Å². The molecule has 0 radical (unpaired) electrons. The Labute approximate surface area is 127 Å². The third-order valence-corrected chi connectivity index (χ3v) is 3.70. The number of nitrogens with zero attached hydrogens (tertiary/aromatic N) is 3. The molecule has 0 aliphatic heterocycles. The summed E-state index contributed by atoms with van der Waals surface area (Å²) in [4.78, 5) is 6.39. The van der Waals surface area contributed by atoms with Gasteiger partial charge in [0.25, 0.3) is 0 Å². The third kappa shape index (κ3) is 3.07. The van der Waals surface area contributed by atoms with Gasteiger partial charge in [0.2, 0.25) is 5.95 Å². The summed E-state index contributed by atoms with van der Waals surface area (Å²) in [5.74, 6) is 1.77. The molecule has 0 aliphatic rings. The van der Waals surface area contributed by atoms with Crippen molar-refractivity contribution < 1.29 is 4.74 Å². The zero-order valence-electron chi connectivity index (χ0n) is 12.1. The van der Waals surface area contributed by atoms with E-state index in [2.05, 4.69) is 30.8 Å². The quantitative estimate of drug-likeness (QED) is 0.910. The van der Waals surface area contributed by atoms with Crippen LogP contribution in [0.4, 0.5) is 11.6 Å². The molecule has 2 rings (SSSR count). The van der Waals surface area contributed by atoms with Gasteiger partial charge in [-0.05, 0) is 34.1 Å². The Morgan fingerprint density at radius 1 is 1.40 bits per heavy atom. The molecule has 0 aliphatic carbocycles. The highest BCUT2D eigenvalue weighted by molar-refractivity contribution is 9.10. The van der Waals surface area contributed by atoms with Gasteiger partial charge in [-0.2, -0.15) is 0 Å². The largest absolute Gasteiger partial charge is 0.496 e. The number of hydrogen-bond acceptors (Lipinski definition) is 4. The SMILES string of the molecule is COc1ccc(NCc2cnc(N(C)C)n2C)cc1Br. The van der Waals surface area contributed by atoms with Gasteiger partial charge in [-0.1, -0.05) is 0 Å². The van der Waals surface area contributed by atoms with E-state index in [4.69, 9.17) is 4.74 Å². The first-order valence-electron chi connectivity index (χ1n) is 6.28. The lowest BCUT2D eigenvalue weighted by Gasteiger charge is -2.13. The maximum Gasteiger partial charge on any atom is 0.204 e. The molecule has 1 N–H and O–H groups in total. The maximum atomic E-state index is 5.22. The monoisotopic (exact) mass is 338 g/mol. The number of ether oxygens (including phenoxy) is 1. The highest BCUT2D eigenvalue weighted by Gasteiger charge is 2.08. The summed E-state index contributed by atoms with van der Waals surface area (Å²) >= 11 is 3.48. The van der Waals surface area contributed by atoms with Crippen LogP contribution in [0.2, 0.25) is 0 Å². The van der Waals surface area contributed by atoms with Gasteiger partial charge in [-0.15, -0.1) is 0 Å². The number of hydrogen-bond donors (Lipinski definition) is 1. The summed E-state index contributed by atoms with van der Waals surface area (Å²) in [7, 11) is 7.65. The van der Waals surface area contributed by atoms with Crippen molar-refractivity contribution >= 4 is 27.6 Å². The second-order valence-electron chi connectivity index (χ2n) is 4.71. The predicted molar refractivity (Wildman–Crippen MR) is 85.6 cm³/mol. The topological polar surface area (TPSA) is 42.3 Å². The summed E-state index contributed by atoms with van der Waals surface area (Å²) in [6, 6.07) is 5.93. The van der Waals surface area contributed by atoms with E-state index in [-0.39, 0.29) is 0 Å². The lowest BCUT2D eigenvalue weighted by Crippen LogP contribution is -2.15. The molecule has 0 bridgehead atoms. The number of rotatable bonds is 5. The van der Waals surface area contributed by atoms with Crippen molar-refractivity contribution in [1.82, 2.24) is 9.55 Å². The Morgan fingerprint density at radius 2 is 2.15 bits per heavy atom. The molecule has 0 fully saturated rings. The van der Waals surface area contributed by atoms with E-state index in [1.165, 1.54) is 0 Å². The Bertz CT molecular complexity index is 595. The fourth-order valence-electron chi connectivity index (χ4n) is 1.98. The van der Waals surface area contributed by atoms with E-state index in [1.54, 1.807) is 7.11 Å². The predicted octanol–water partition coefficient (Wildman–Crippen LogP) is 2.87. The smallest absolute Gasteiger partial charge is 0.204 e. The molecule has 0 unspecified atom stereocenters. The van der Waals surface area contributed by atoms with Gasteiger partial charge in [0.15, 0.2) is 0 Å². The van der Waals surface area contributed by atoms with Gasteiger partial charge in [0.05, 0.1) is 30.0 Å². The van der Waals surface area contributed by atoms with Crippen LogP contribution in [0, 0.1) is 0 Å². The average Bonchev–Trinajstić information content (AvgIpc) is 2.78. The van der Waals surface area contributed by atoms with Gasteiger partial charge in [0, 0.05) is 26.8 Å². The van der Waals surface area contributed by atoms with Crippen LogP contribution < -0.4 is 15.0 Å². The lowest BCUT2D eigenvalue weighted by molar-refractivity contribution is 0.412. The second kappa shape index (κ2) is 6.17. The van der Waals surface area contributed by atoms with Crippen LogP contribution in [0.25, 0.3) is 0 Å². The van der Waals surface area contributed by atoms with Crippen LogP contribution >= 0.6 is 15.9 Å². The van der Waals surface area contributed by atoms with Crippen molar-refractivity contribution in [2.24, 2.45) is 7.05 Å². The molecule has 0 saturated heterocycles. The van der Waals surface area contributed by atoms with Crippen molar-refractivity contribution in [1.29, 1.82) is 0 Å². The molecule has 5 nitrogen and oxygen atoms in total. The molecule has 0 amide bonds. The van der Waals surface area contributed by atoms with Gasteiger partial charge < -0.3 is 19.5 Å². The molecule has 20 heavy (non-hydrogen) atoms. The molecular weight excluding hydrogens is 320 g/mol. The summed E-state index contributed by atoms with van der Waals surface area (Å²) < 4.78 is 8.23. The number of aromatic nitrogens is 2. The molecule has 0 saturated carbocycles. The first-order chi connectivity index (χ1) is 9.52. The van der Waals surface area contributed by atoms with E-state index in [9.17, 15) is 0 Å². The van der Waals surface area contributed by atoms with Crippen LogP contribution in [0.3, 0.4) is 0 Å². The van der Waals surface area contributed by atoms with E-state index >= 15 is 0 Å². The minimum Gasteiger partial charge on any atom is -0.496 e. The van der Waals surface area contributed by atoms with E-state index < -0.39 is 0 Å². The fourth-order valence-corrected chi connectivity index (χ4v) is 2.52. The number of methoxy groups -OCH3 is 1. The third-order valence-electron chi connectivity index (χ3n) is 3.09. The van der Waals surface area contributed by atoms with Gasteiger partial charge >= 0.3 is 0 Å². The number of halogens is 1. The Hall–Kier alpha value is -1.69. The fraction of sp³-hybridized carbons (Fsp3) is 0.357. The zero-order valence-corrected chi connectivity index (χ0v) is 13.7. The van der Waals surface area contributed by atoms with E-state index in [0.717, 1.165) is 34.1 Å². The summed E-state index contributed by atoms with van der Waals surface area (Å²) in [6.07, 6.45) is 1.89. The highest BCUT2D eigenvalue weighted by Crippen LogP contribution is 2.28. The standard InChI is InChI=1S/C14H19BrN4O/c1-18(2)14-17-9-11(19(14)3)8-16-10-5-6-13(20-4)12(15)7-10/h5-7,9,16H,8H2,1-4H3. The second-order valence-corrected chi connectivity index (χ2v) is 5.56. The van der Waals surface area contributed by atoms with Crippen molar-refractivity contribution in [3.63, 3.8) is 0 Å². The molecule has 0 spiro atoms.